The topological polar surface area (TPSA) is 12.0 Å². The summed E-state index contributed by atoms with van der Waals surface area (Å²) < 4.78 is 40.8. The van der Waals surface area contributed by atoms with Crippen molar-refractivity contribution >= 4 is 15.9 Å². The van der Waals surface area contributed by atoms with E-state index in [2.05, 4.69) is 21.2 Å². The van der Waals surface area contributed by atoms with Crippen LogP contribution in [-0.4, -0.2) is 6.54 Å². The summed E-state index contributed by atoms with van der Waals surface area (Å²) in [5, 5.41) is 3.17. The Morgan fingerprint density at radius 1 is 1.10 bits per heavy atom. The van der Waals surface area contributed by atoms with Crippen molar-refractivity contribution in [1.29, 1.82) is 0 Å². The summed E-state index contributed by atoms with van der Waals surface area (Å²) in [4.78, 5) is 0. The predicted octanol–water partition coefficient (Wildman–Crippen LogP) is 4.76. The van der Waals surface area contributed by atoms with Crippen LogP contribution < -0.4 is 5.32 Å². The molecule has 0 fully saturated rings. The largest absolute Gasteiger partial charge is 0.310 e. The van der Waals surface area contributed by atoms with Gasteiger partial charge in [-0.3, -0.25) is 0 Å². The van der Waals surface area contributed by atoms with Gasteiger partial charge >= 0.3 is 0 Å². The van der Waals surface area contributed by atoms with Gasteiger partial charge in [0.1, 0.15) is 0 Å². The molecule has 0 heterocycles. The standard InChI is InChI=1S/C16H15BrF3N/c1-2-21-15(7-10-4-3-5-12(17)6-10)11-8-13(18)16(20)14(19)9-11/h3-6,8-9,15,21H,2,7H2,1H3. The van der Waals surface area contributed by atoms with Gasteiger partial charge in [-0.2, -0.15) is 0 Å². The molecule has 0 saturated heterocycles. The second-order valence-electron chi connectivity index (χ2n) is 4.74. The summed E-state index contributed by atoms with van der Waals surface area (Å²) in [6.07, 6.45) is 0.553. The second kappa shape index (κ2) is 7.09. The first-order valence-corrected chi connectivity index (χ1v) is 7.42. The highest BCUT2D eigenvalue weighted by atomic mass is 79.9. The van der Waals surface area contributed by atoms with E-state index >= 15 is 0 Å². The van der Waals surface area contributed by atoms with Crippen molar-refractivity contribution in [1.82, 2.24) is 5.32 Å². The molecule has 2 aromatic carbocycles. The van der Waals surface area contributed by atoms with Gasteiger partial charge < -0.3 is 5.32 Å². The van der Waals surface area contributed by atoms with Crippen molar-refractivity contribution in [2.24, 2.45) is 0 Å². The van der Waals surface area contributed by atoms with Crippen molar-refractivity contribution in [2.75, 3.05) is 6.54 Å². The first-order chi connectivity index (χ1) is 10.0. The molecule has 0 radical (unpaired) electrons. The summed E-state index contributed by atoms with van der Waals surface area (Å²) in [7, 11) is 0. The summed E-state index contributed by atoms with van der Waals surface area (Å²) in [5.74, 6) is -3.76. The smallest absolute Gasteiger partial charge is 0.194 e. The number of rotatable bonds is 5. The quantitative estimate of drug-likeness (QED) is 0.760. The molecule has 0 aliphatic rings. The highest BCUT2D eigenvalue weighted by Gasteiger charge is 2.17. The maximum absolute atomic E-state index is 13.4. The molecule has 1 unspecified atom stereocenters. The maximum atomic E-state index is 13.4. The molecule has 0 aliphatic carbocycles. The van der Waals surface area contributed by atoms with Crippen molar-refractivity contribution in [3.8, 4) is 0 Å². The third kappa shape index (κ3) is 4.08. The van der Waals surface area contributed by atoms with Crippen molar-refractivity contribution in [2.45, 2.75) is 19.4 Å². The fraction of sp³-hybridized carbons (Fsp3) is 0.250. The second-order valence-corrected chi connectivity index (χ2v) is 5.66. The van der Waals surface area contributed by atoms with Crippen LogP contribution in [0.3, 0.4) is 0 Å². The Hall–Kier alpha value is -1.33. The molecule has 1 N–H and O–H groups in total. The lowest BCUT2D eigenvalue weighted by Gasteiger charge is -2.19. The van der Waals surface area contributed by atoms with Crippen LogP contribution in [-0.2, 0) is 6.42 Å². The summed E-state index contributed by atoms with van der Waals surface area (Å²) in [5.41, 5.74) is 1.41. The predicted molar refractivity (Wildman–Crippen MR) is 80.6 cm³/mol. The van der Waals surface area contributed by atoms with Gasteiger partial charge in [-0.05, 0) is 48.4 Å². The molecular formula is C16H15BrF3N. The molecule has 0 spiro atoms. The first-order valence-electron chi connectivity index (χ1n) is 6.63. The van der Waals surface area contributed by atoms with E-state index in [0.29, 0.717) is 18.5 Å². The molecular weight excluding hydrogens is 343 g/mol. The molecule has 0 aromatic heterocycles. The average molecular weight is 358 g/mol. The number of likely N-dealkylation sites (N-methyl/N-ethyl adjacent to an activating group) is 1. The lowest BCUT2D eigenvalue weighted by Crippen LogP contribution is -2.23. The zero-order valence-corrected chi connectivity index (χ0v) is 13.1. The SMILES string of the molecule is CCNC(Cc1cccc(Br)c1)c1cc(F)c(F)c(F)c1. The minimum atomic E-state index is -1.43. The molecule has 21 heavy (non-hydrogen) atoms. The van der Waals surface area contributed by atoms with Crippen LogP contribution >= 0.6 is 15.9 Å². The zero-order chi connectivity index (χ0) is 15.4. The van der Waals surface area contributed by atoms with E-state index in [1.807, 2.05) is 31.2 Å². The van der Waals surface area contributed by atoms with E-state index < -0.39 is 17.5 Å². The van der Waals surface area contributed by atoms with Crippen molar-refractivity contribution in [3.63, 3.8) is 0 Å². The third-order valence-electron chi connectivity index (χ3n) is 3.19. The van der Waals surface area contributed by atoms with Crippen LogP contribution in [0.4, 0.5) is 13.2 Å². The Morgan fingerprint density at radius 2 is 1.76 bits per heavy atom. The van der Waals surface area contributed by atoms with E-state index in [0.717, 1.165) is 22.2 Å². The average Bonchev–Trinajstić information content (AvgIpc) is 2.44. The lowest BCUT2D eigenvalue weighted by atomic mass is 9.98. The molecule has 0 amide bonds. The van der Waals surface area contributed by atoms with Gasteiger partial charge in [0.25, 0.3) is 0 Å². The van der Waals surface area contributed by atoms with Gasteiger partial charge in [-0.25, -0.2) is 13.2 Å². The van der Waals surface area contributed by atoms with E-state index in [1.165, 1.54) is 0 Å². The van der Waals surface area contributed by atoms with Gasteiger partial charge in [0.2, 0.25) is 0 Å². The maximum Gasteiger partial charge on any atom is 0.194 e. The van der Waals surface area contributed by atoms with Crippen LogP contribution in [0.5, 0.6) is 0 Å². The van der Waals surface area contributed by atoms with E-state index in [-0.39, 0.29) is 6.04 Å². The minimum Gasteiger partial charge on any atom is -0.310 e. The number of hydrogen-bond acceptors (Lipinski definition) is 1. The van der Waals surface area contributed by atoms with Crippen molar-refractivity contribution < 1.29 is 13.2 Å². The number of benzene rings is 2. The van der Waals surface area contributed by atoms with Crippen LogP contribution in [0.2, 0.25) is 0 Å². The van der Waals surface area contributed by atoms with Gasteiger partial charge in [0, 0.05) is 10.5 Å². The van der Waals surface area contributed by atoms with Gasteiger partial charge in [-0.1, -0.05) is 35.0 Å². The van der Waals surface area contributed by atoms with Gasteiger partial charge in [-0.15, -0.1) is 0 Å². The molecule has 2 aromatic rings. The molecule has 2 rings (SSSR count). The molecule has 5 heteroatoms. The van der Waals surface area contributed by atoms with E-state index in [9.17, 15) is 13.2 Å². The molecule has 0 aliphatic heterocycles. The first kappa shape index (κ1) is 16.0. The van der Waals surface area contributed by atoms with Gasteiger partial charge in [0.05, 0.1) is 0 Å². The molecule has 1 atom stereocenters. The molecule has 1 nitrogen and oxygen atoms in total. The zero-order valence-electron chi connectivity index (χ0n) is 11.5. The number of nitrogens with one attached hydrogen (secondary N) is 1. The monoisotopic (exact) mass is 357 g/mol. The number of halogens is 4. The fourth-order valence-electron chi connectivity index (χ4n) is 2.23. The summed E-state index contributed by atoms with van der Waals surface area (Å²) in [6.45, 7) is 2.55. The Kier molecular flexibility index (Phi) is 5.42. The Morgan fingerprint density at radius 3 is 2.33 bits per heavy atom. The van der Waals surface area contributed by atoms with Crippen LogP contribution in [0.1, 0.15) is 24.1 Å². The minimum absolute atomic E-state index is 0.283. The Labute approximate surface area is 130 Å². The van der Waals surface area contributed by atoms with E-state index in [1.54, 1.807) is 0 Å². The molecule has 0 saturated carbocycles. The highest BCUT2D eigenvalue weighted by Crippen LogP contribution is 2.23. The van der Waals surface area contributed by atoms with Crippen LogP contribution in [0, 0.1) is 17.5 Å². The highest BCUT2D eigenvalue weighted by molar-refractivity contribution is 9.10. The number of hydrogen-bond donors (Lipinski definition) is 1. The van der Waals surface area contributed by atoms with Crippen LogP contribution in [0.25, 0.3) is 0 Å². The van der Waals surface area contributed by atoms with Crippen molar-refractivity contribution in [3.05, 3.63) is 69.4 Å². The third-order valence-corrected chi connectivity index (χ3v) is 3.68. The molecule has 0 bridgehead atoms. The fourth-order valence-corrected chi connectivity index (χ4v) is 2.68. The van der Waals surface area contributed by atoms with E-state index in [4.69, 9.17) is 0 Å². The van der Waals surface area contributed by atoms with Gasteiger partial charge in [0.15, 0.2) is 17.5 Å². The molecule has 112 valence electrons. The lowest BCUT2D eigenvalue weighted by molar-refractivity contribution is 0.439. The van der Waals surface area contributed by atoms with Crippen LogP contribution in [0.15, 0.2) is 40.9 Å². The Bertz CT molecular complexity index is 608. The summed E-state index contributed by atoms with van der Waals surface area (Å²) >= 11 is 3.39. The Balaban J connectivity index is 2.30. The normalized spacial score (nSPS) is 12.4. The summed E-state index contributed by atoms with van der Waals surface area (Å²) in [6, 6.07) is 9.49.